The molecule has 2 rings (SSSR count). The lowest BCUT2D eigenvalue weighted by atomic mass is 10.1. The summed E-state index contributed by atoms with van der Waals surface area (Å²) in [5.74, 6) is -0.849. The third-order valence-corrected chi connectivity index (χ3v) is 4.04. The molecule has 110 valence electrons. The van der Waals surface area contributed by atoms with Gasteiger partial charge in [0.25, 0.3) is 5.91 Å². The lowest BCUT2D eigenvalue weighted by Crippen LogP contribution is -2.28. The molecular formula is C14H14FN3OS2. The quantitative estimate of drug-likeness (QED) is 0.757. The highest BCUT2D eigenvalue weighted by Crippen LogP contribution is 2.35. The highest BCUT2D eigenvalue weighted by atomic mass is 32.1. The van der Waals surface area contributed by atoms with Crippen molar-refractivity contribution in [1.29, 1.82) is 0 Å². The fourth-order valence-electron chi connectivity index (χ4n) is 1.73. The van der Waals surface area contributed by atoms with Crippen molar-refractivity contribution in [3.05, 3.63) is 41.7 Å². The van der Waals surface area contributed by atoms with Crippen LogP contribution in [0.4, 0.5) is 9.39 Å². The molecule has 1 aromatic heterocycles. The molecule has 2 aromatic rings. The monoisotopic (exact) mass is 323 g/mol. The topological polar surface area (TPSA) is 67.2 Å². The Morgan fingerprint density at radius 1 is 1.38 bits per heavy atom. The van der Waals surface area contributed by atoms with Crippen LogP contribution in [0, 0.1) is 5.82 Å². The van der Waals surface area contributed by atoms with Crippen molar-refractivity contribution in [2.75, 3.05) is 11.9 Å². The Morgan fingerprint density at radius 2 is 2.05 bits per heavy atom. The van der Waals surface area contributed by atoms with Crippen LogP contribution in [0.25, 0.3) is 10.4 Å². The average molecular weight is 323 g/mol. The number of thiophene rings is 1. The maximum Gasteiger partial charge on any atom is 0.251 e. The largest absolute Gasteiger partial charge is 0.366 e. The second-order valence-electron chi connectivity index (χ2n) is 4.21. The molecule has 4 nitrogen and oxygen atoms in total. The van der Waals surface area contributed by atoms with E-state index < -0.39 is 5.91 Å². The molecule has 7 heteroatoms. The van der Waals surface area contributed by atoms with Crippen LogP contribution in [0.2, 0.25) is 0 Å². The summed E-state index contributed by atoms with van der Waals surface area (Å²) in [4.78, 5) is 12.3. The first kappa shape index (κ1) is 15.4. The summed E-state index contributed by atoms with van der Waals surface area (Å²) in [7, 11) is 0. The van der Waals surface area contributed by atoms with Gasteiger partial charge in [-0.15, -0.1) is 11.3 Å². The Kier molecular flexibility index (Phi) is 4.87. The van der Waals surface area contributed by atoms with Gasteiger partial charge >= 0.3 is 0 Å². The van der Waals surface area contributed by atoms with Gasteiger partial charge in [-0.25, -0.2) is 4.39 Å². The van der Waals surface area contributed by atoms with E-state index in [0.29, 0.717) is 22.2 Å². The average Bonchev–Trinajstić information content (AvgIpc) is 2.83. The SMILES string of the molecule is CCNC(=S)Nc1sc(-c2ccc(F)cc2)cc1C(N)=O. The van der Waals surface area contributed by atoms with E-state index in [-0.39, 0.29) is 5.82 Å². The second-order valence-corrected chi connectivity index (χ2v) is 5.67. The van der Waals surface area contributed by atoms with Crippen molar-refractivity contribution < 1.29 is 9.18 Å². The summed E-state index contributed by atoms with van der Waals surface area (Å²) >= 11 is 6.45. The predicted octanol–water partition coefficient (Wildman–Crippen LogP) is 2.96. The first-order valence-electron chi connectivity index (χ1n) is 6.25. The number of thiocarbonyl (C=S) groups is 1. The zero-order valence-corrected chi connectivity index (χ0v) is 12.9. The molecular weight excluding hydrogens is 309 g/mol. The number of nitrogens with two attached hydrogens (primary N) is 1. The smallest absolute Gasteiger partial charge is 0.251 e. The lowest BCUT2D eigenvalue weighted by Gasteiger charge is -2.07. The number of hydrogen-bond donors (Lipinski definition) is 3. The van der Waals surface area contributed by atoms with Gasteiger partial charge in [0.1, 0.15) is 10.8 Å². The van der Waals surface area contributed by atoms with Crippen LogP contribution in [0.5, 0.6) is 0 Å². The summed E-state index contributed by atoms with van der Waals surface area (Å²) in [6.07, 6.45) is 0. The molecule has 1 aromatic carbocycles. The molecule has 0 unspecified atom stereocenters. The Labute approximate surface area is 131 Å². The molecule has 0 aliphatic rings. The van der Waals surface area contributed by atoms with E-state index in [1.807, 2.05) is 6.92 Å². The molecule has 1 amide bonds. The van der Waals surface area contributed by atoms with Gasteiger partial charge in [-0.3, -0.25) is 4.79 Å². The van der Waals surface area contributed by atoms with Crippen molar-refractivity contribution in [1.82, 2.24) is 5.32 Å². The molecule has 0 bridgehead atoms. The van der Waals surface area contributed by atoms with E-state index in [1.54, 1.807) is 18.2 Å². The van der Waals surface area contributed by atoms with Gasteiger partial charge in [-0.1, -0.05) is 12.1 Å². The van der Waals surface area contributed by atoms with Crippen LogP contribution < -0.4 is 16.4 Å². The van der Waals surface area contributed by atoms with E-state index in [2.05, 4.69) is 10.6 Å². The van der Waals surface area contributed by atoms with Crippen molar-refractivity contribution in [2.45, 2.75) is 6.92 Å². The fourth-order valence-corrected chi connectivity index (χ4v) is 3.12. The van der Waals surface area contributed by atoms with Crippen LogP contribution >= 0.6 is 23.6 Å². The van der Waals surface area contributed by atoms with Crippen molar-refractivity contribution in [3.63, 3.8) is 0 Å². The number of halogens is 1. The molecule has 0 spiro atoms. The number of carbonyl (C=O) groups is 1. The van der Waals surface area contributed by atoms with Crippen LogP contribution in [0.3, 0.4) is 0 Å². The zero-order valence-electron chi connectivity index (χ0n) is 11.3. The van der Waals surface area contributed by atoms with Crippen molar-refractivity contribution in [3.8, 4) is 10.4 Å². The van der Waals surface area contributed by atoms with Crippen LogP contribution in [0.1, 0.15) is 17.3 Å². The molecule has 0 fully saturated rings. The lowest BCUT2D eigenvalue weighted by molar-refractivity contribution is 0.100. The molecule has 21 heavy (non-hydrogen) atoms. The van der Waals surface area contributed by atoms with Gasteiger partial charge in [-0.05, 0) is 42.9 Å². The number of carbonyl (C=O) groups excluding carboxylic acids is 1. The van der Waals surface area contributed by atoms with Gasteiger partial charge in [0.15, 0.2) is 5.11 Å². The van der Waals surface area contributed by atoms with Gasteiger partial charge in [0.2, 0.25) is 0 Å². The van der Waals surface area contributed by atoms with E-state index in [1.165, 1.54) is 23.5 Å². The number of benzene rings is 1. The summed E-state index contributed by atoms with van der Waals surface area (Å²) in [5.41, 5.74) is 6.56. The van der Waals surface area contributed by atoms with E-state index in [9.17, 15) is 9.18 Å². The molecule has 0 saturated carbocycles. The number of hydrogen-bond acceptors (Lipinski definition) is 3. The zero-order chi connectivity index (χ0) is 15.4. The normalized spacial score (nSPS) is 10.2. The number of rotatable bonds is 4. The van der Waals surface area contributed by atoms with Gasteiger partial charge in [0, 0.05) is 11.4 Å². The van der Waals surface area contributed by atoms with Crippen molar-refractivity contribution in [2.24, 2.45) is 5.73 Å². The molecule has 0 aliphatic carbocycles. The molecule has 1 heterocycles. The van der Waals surface area contributed by atoms with Gasteiger partial charge < -0.3 is 16.4 Å². The third-order valence-electron chi connectivity index (χ3n) is 2.69. The molecule has 0 atom stereocenters. The first-order chi connectivity index (χ1) is 10.0. The standard InChI is InChI=1S/C14H14FN3OS2/c1-2-17-14(20)18-13-10(12(16)19)7-11(21-13)8-3-5-9(15)6-4-8/h3-7H,2H2,1H3,(H2,16,19)(H2,17,18,20). The van der Waals surface area contributed by atoms with E-state index in [0.717, 1.165) is 10.4 Å². The molecule has 0 aliphatic heterocycles. The molecule has 0 saturated heterocycles. The Bertz CT molecular complexity index is 667. The van der Waals surface area contributed by atoms with Gasteiger partial charge in [-0.2, -0.15) is 0 Å². The number of nitrogens with one attached hydrogen (secondary N) is 2. The first-order valence-corrected chi connectivity index (χ1v) is 7.48. The Morgan fingerprint density at radius 3 is 2.62 bits per heavy atom. The summed E-state index contributed by atoms with van der Waals surface area (Å²) < 4.78 is 13.0. The highest BCUT2D eigenvalue weighted by molar-refractivity contribution is 7.80. The summed E-state index contributed by atoms with van der Waals surface area (Å²) in [6, 6.07) is 7.72. The second kappa shape index (κ2) is 6.64. The Hall–Kier alpha value is -1.99. The maximum atomic E-state index is 13.0. The van der Waals surface area contributed by atoms with E-state index >= 15 is 0 Å². The summed E-state index contributed by atoms with van der Waals surface area (Å²) in [5, 5.41) is 6.90. The minimum atomic E-state index is -0.540. The maximum absolute atomic E-state index is 13.0. The van der Waals surface area contributed by atoms with Crippen LogP contribution in [-0.2, 0) is 0 Å². The number of amides is 1. The number of primary amides is 1. The highest BCUT2D eigenvalue weighted by Gasteiger charge is 2.15. The molecule has 0 radical (unpaired) electrons. The van der Waals surface area contributed by atoms with Crippen LogP contribution in [-0.4, -0.2) is 17.6 Å². The van der Waals surface area contributed by atoms with Gasteiger partial charge in [0.05, 0.1) is 5.56 Å². The van der Waals surface area contributed by atoms with Crippen molar-refractivity contribution >= 4 is 39.6 Å². The Balaban J connectivity index is 2.34. The van der Waals surface area contributed by atoms with E-state index in [4.69, 9.17) is 18.0 Å². The predicted molar refractivity (Wildman–Crippen MR) is 88.1 cm³/mol. The van der Waals surface area contributed by atoms with Crippen LogP contribution in [0.15, 0.2) is 30.3 Å². The fraction of sp³-hybridized carbons (Fsp3) is 0.143. The third kappa shape index (κ3) is 3.77. The summed E-state index contributed by atoms with van der Waals surface area (Å²) in [6.45, 7) is 2.59. The number of anilines is 1. The minimum absolute atomic E-state index is 0.308. The minimum Gasteiger partial charge on any atom is -0.366 e. The molecule has 4 N–H and O–H groups in total.